The fourth-order valence-electron chi connectivity index (χ4n) is 1.36. The zero-order valence-electron chi connectivity index (χ0n) is 10.1. The van der Waals surface area contributed by atoms with Gasteiger partial charge in [0.25, 0.3) is 0 Å². The van der Waals surface area contributed by atoms with Gasteiger partial charge in [0.05, 0.1) is 6.04 Å². The summed E-state index contributed by atoms with van der Waals surface area (Å²) in [5, 5.41) is 0. The molecule has 0 aromatic carbocycles. The van der Waals surface area contributed by atoms with Crippen LogP contribution in [-0.2, 0) is 6.42 Å². The summed E-state index contributed by atoms with van der Waals surface area (Å²) >= 11 is 0. The van der Waals surface area contributed by atoms with E-state index in [9.17, 15) is 0 Å². The van der Waals surface area contributed by atoms with Gasteiger partial charge < -0.3 is 5.73 Å². The van der Waals surface area contributed by atoms with E-state index in [1.54, 1.807) is 0 Å². The summed E-state index contributed by atoms with van der Waals surface area (Å²) in [7, 11) is 0. The molecule has 0 aliphatic carbocycles. The van der Waals surface area contributed by atoms with Crippen LogP contribution in [0, 0.1) is 0 Å². The van der Waals surface area contributed by atoms with Crippen LogP contribution in [0.4, 0.5) is 0 Å². The van der Waals surface area contributed by atoms with Crippen molar-refractivity contribution < 1.29 is 0 Å². The van der Waals surface area contributed by atoms with Gasteiger partial charge in [-0.1, -0.05) is 27.7 Å². The first kappa shape index (κ1) is 12.1. The number of rotatable bonds is 4. The Labute approximate surface area is 92.1 Å². The average Bonchev–Trinajstić information content (AvgIpc) is 2.27. The van der Waals surface area contributed by atoms with E-state index in [0.29, 0.717) is 5.92 Å². The number of aryl methyl sites for hydroxylation is 1. The molecule has 0 bridgehead atoms. The van der Waals surface area contributed by atoms with Gasteiger partial charge in [-0.05, 0) is 24.8 Å². The van der Waals surface area contributed by atoms with Crippen LogP contribution in [0.1, 0.15) is 63.3 Å². The summed E-state index contributed by atoms with van der Waals surface area (Å²) in [5.41, 5.74) is 8.15. The van der Waals surface area contributed by atoms with Crippen LogP contribution in [0.2, 0.25) is 0 Å². The van der Waals surface area contributed by atoms with Gasteiger partial charge in [-0.25, -0.2) is 9.97 Å². The van der Waals surface area contributed by atoms with E-state index in [-0.39, 0.29) is 6.04 Å². The summed E-state index contributed by atoms with van der Waals surface area (Å²) in [6, 6.07) is 2.05. The first-order chi connectivity index (χ1) is 7.08. The van der Waals surface area contributed by atoms with Crippen LogP contribution in [0.25, 0.3) is 0 Å². The van der Waals surface area contributed by atoms with Crippen LogP contribution >= 0.6 is 0 Å². The van der Waals surface area contributed by atoms with Crippen molar-refractivity contribution in [3.63, 3.8) is 0 Å². The summed E-state index contributed by atoms with van der Waals surface area (Å²) in [5.74, 6) is 1.22. The van der Waals surface area contributed by atoms with Gasteiger partial charge in [-0.15, -0.1) is 0 Å². The van der Waals surface area contributed by atoms with Gasteiger partial charge in [0, 0.05) is 11.4 Å². The maximum Gasteiger partial charge on any atom is 0.145 e. The Kier molecular flexibility index (Phi) is 4.21. The molecule has 3 heteroatoms. The lowest BCUT2D eigenvalue weighted by molar-refractivity contribution is 0.629. The molecule has 3 nitrogen and oxygen atoms in total. The largest absolute Gasteiger partial charge is 0.321 e. The molecule has 1 unspecified atom stereocenters. The number of hydrogen-bond acceptors (Lipinski definition) is 3. The van der Waals surface area contributed by atoms with Crippen molar-refractivity contribution in [1.29, 1.82) is 0 Å². The highest BCUT2D eigenvalue weighted by molar-refractivity contribution is 5.15. The highest BCUT2D eigenvalue weighted by Gasteiger charge is 2.11. The fourth-order valence-corrected chi connectivity index (χ4v) is 1.36. The van der Waals surface area contributed by atoms with Gasteiger partial charge in [0.1, 0.15) is 5.82 Å². The molecular formula is C12H21N3. The maximum absolute atomic E-state index is 5.96. The number of hydrogen-bond donors (Lipinski definition) is 1. The summed E-state index contributed by atoms with van der Waals surface area (Å²) < 4.78 is 0. The van der Waals surface area contributed by atoms with Gasteiger partial charge in [-0.2, -0.15) is 0 Å². The second-order valence-electron chi connectivity index (χ2n) is 4.17. The normalized spacial score (nSPS) is 13.2. The van der Waals surface area contributed by atoms with E-state index >= 15 is 0 Å². The van der Waals surface area contributed by atoms with Gasteiger partial charge >= 0.3 is 0 Å². The molecule has 15 heavy (non-hydrogen) atoms. The van der Waals surface area contributed by atoms with Crippen molar-refractivity contribution in [3.05, 3.63) is 23.3 Å². The Bertz CT molecular complexity index is 321. The second-order valence-corrected chi connectivity index (χ2v) is 4.17. The third-order valence-corrected chi connectivity index (χ3v) is 2.54. The van der Waals surface area contributed by atoms with Crippen molar-refractivity contribution in [3.8, 4) is 0 Å². The van der Waals surface area contributed by atoms with Crippen LogP contribution < -0.4 is 5.73 Å². The summed E-state index contributed by atoms with van der Waals surface area (Å²) in [6.07, 6.45) is 1.82. The molecule has 0 saturated carbocycles. The first-order valence-corrected chi connectivity index (χ1v) is 5.71. The van der Waals surface area contributed by atoms with Crippen molar-refractivity contribution in [2.24, 2.45) is 5.73 Å². The minimum atomic E-state index is -0.0333. The molecule has 0 spiro atoms. The lowest BCUT2D eigenvalue weighted by atomic mass is 10.1. The van der Waals surface area contributed by atoms with E-state index in [0.717, 1.165) is 30.1 Å². The third-order valence-electron chi connectivity index (χ3n) is 2.54. The Morgan fingerprint density at radius 2 is 1.93 bits per heavy atom. The van der Waals surface area contributed by atoms with Gasteiger partial charge in [-0.3, -0.25) is 0 Å². The number of nitrogens with two attached hydrogens (primary N) is 1. The molecule has 2 N–H and O–H groups in total. The van der Waals surface area contributed by atoms with Crippen LogP contribution in [0.15, 0.2) is 6.07 Å². The number of nitrogens with zero attached hydrogens (tertiary/aromatic N) is 2. The minimum Gasteiger partial charge on any atom is -0.321 e. The molecule has 0 amide bonds. The quantitative estimate of drug-likeness (QED) is 0.825. The molecule has 1 atom stereocenters. The lowest BCUT2D eigenvalue weighted by Gasteiger charge is -2.12. The maximum atomic E-state index is 5.96. The van der Waals surface area contributed by atoms with Crippen LogP contribution in [0.5, 0.6) is 0 Å². The van der Waals surface area contributed by atoms with Crippen LogP contribution in [-0.4, -0.2) is 9.97 Å². The molecule has 0 aliphatic rings. The molecule has 0 aliphatic heterocycles. The topological polar surface area (TPSA) is 51.8 Å². The van der Waals surface area contributed by atoms with Crippen molar-refractivity contribution in [2.45, 2.75) is 52.5 Å². The molecule has 1 aromatic heterocycles. The lowest BCUT2D eigenvalue weighted by Crippen LogP contribution is -2.15. The number of aromatic nitrogens is 2. The van der Waals surface area contributed by atoms with E-state index in [4.69, 9.17) is 5.73 Å². The molecule has 0 fully saturated rings. The van der Waals surface area contributed by atoms with Gasteiger partial charge in [0.2, 0.25) is 0 Å². The van der Waals surface area contributed by atoms with E-state index < -0.39 is 0 Å². The second kappa shape index (κ2) is 5.21. The molecule has 1 heterocycles. The highest BCUT2D eigenvalue weighted by Crippen LogP contribution is 2.16. The van der Waals surface area contributed by atoms with Crippen molar-refractivity contribution >= 4 is 0 Å². The molecule has 84 valence electrons. The van der Waals surface area contributed by atoms with E-state index in [2.05, 4.69) is 43.7 Å². The fraction of sp³-hybridized carbons (Fsp3) is 0.667. The predicted molar refractivity (Wildman–Crippen MR) is 62.7 cm³/mol. The summed E-state index contributed by atoms with van der Waals surface area (Å²) in [4.78, 5) is 8.98. The zero-order valence-corrected chi connectivity index (χ0v) is 10.1. The summed E-state index contributed by atoms with van der Waals surface area (Å²) in [6.45, 7) is 8.45. The Hall–Kier alpha value is -0.960. The first-order valence-electron chi connectivity index (χ1n) is 5.71. The average molecular weight is 207 g/mol. The van der Waals surface area contributed by atoms with Gasteiger partial charge in [0.15, 0.2) is 0 Å². The monoisotopic (exact) mass is 207 g/mol. The molecular weight excluding hydrogens is 186 g/mol. The molecule has 0 radical (unpaired) electrons. The molecule has 1 aromatic rings. The zero-order chi connectivity index (χ0) is 11.4. The molecule has 0 saturated heterocycles. The standard InChI is InChI=1S/C12H21N3/c1-5-9-7-11(8(3)4)15-12(14-9)10(13)6-2/h7-8,10H,5-6,13H2,1-4H3. The van der Waals surface area contributed by atoms with Crippen molar-refractivity contribution in [1.82, 2.24) is 9.97 Å². The smallest absolute Gasteiger partial charge is 0.145 e. The SMILES string of the molecule is CCc1cc(C(C)C)nc(C(N)CC)n1. The third kappa shape index (κ3) is 2.99. The van der Waals surface area contributed by atoms with Crippen molar-refractivity contribution in [2.75, 3.05) is 0 Å². The Morgan fingerprint density at radius 3 is 2.40 bits per heavy atom. The predicted octanol–water partition coefficient (Wildman–Crippen LogP) is 2.57. The molecule has 1 rings (SSSR count). The Morgan fingerprint density at radius 1 is 1.27 bits per heavy atom. The highest BCUT2D eigenvalue weighted by atomic mass is 14.9. The van der Waals surface area contributed by atoms with Crippen LogP contribution in [0.3, 0.4) is 0 Å². The Balaban J connectivity index is 3.11. The minimum absolute atomic E-state index is 0.0333. The van der Waals surface area contributed by atoms with E-state index in [1.165, 1.54) is 0 Å². The van der Waals surface area contributed by atoms with E-state index in [1.807, 2.05) is 0 Å².